The normalized spacial score (nSPS) is 21.7. The third-order valence-corrected chi connectivity index (χ3v) is 5.47. The standard InChI is InChI=1S/C20H28N4O2/c1-23-15-22-19-12-24(10-16-2-6-21-7-3-16)11-18(20(19)23)14-26-13-17-4-8-25-9-5-17/h2-3,6-7,15,17-18H,4-5,8-14H2,1H3/t18-/m0/s1. The fourth-order valence-corrected chi connectivity index (χ4v) is 4.10. The van der Waals surface area contributed by atoms with Crippen molar-refractivity contribution >= 4 is 0 Å². The molecule has 2 aromatic rings. The van der Waals surface area contributed by atoms with Crippen molar-refractivity contribution < 1.29 is 9.47 Å². The van der Waals surface area contributed by atoms with E-state index in [4.69, 9.17) is 9.47 Å². The first-order valence-corrected chi connectivity index (χ1v) is 9.56. The lowest BCUT2D eigenvalue weighted by atomic mass is 9.98. The number of imidazole rings is 1. The van der Waals surface area contributed by atoms with Crippen molar-refractivity contribution in [3.63, 3.8) is 0 Å². The van der Waals surface area contributed by atoms with E-state index in [1.165, 1.54) is 17.0 Å². The molecule has 0 bridgehead atoms. The fraction of sp³-hybridized carbons (Fsp3) is 0.600. The van der Waals surface area contributed by atoms with E-state index in [-0.39, 0.29) is 0 Å². The molecule has 0 unspecified atom stereocenters. The monoisotopic (exact) mass is 356 g/mol. The molecule has 0 N–H and O–H groups in total. The number of hydrogen-bond acceptors (Lipinski definition) is 5. The fourth-order valence-electron chi connectivity index (χ4n) is 4.10. The molecule has 140 valence electrons. The van der Waals surface area contributed by atoms with Gasteiger partial charge in [0.15, 0.2) is 0 Å². The Labute approximate surface area is 155 Å². The van der Waals surface area contributed by atoms with Gasteiger partial charge in [0.25, 0.3) is 0 Å². The number of ether oxygens (including phenoxy) is 2. The highest BCUT2D eigenvalue weighted by atomic mass is 16.5. The average Bonchev–Trinajstić information content (AvgIpc) is 3.04. The molecule has 26 heavy (non-hydrogen) atoms. The molecular formula is C20H28N4O2. The van der Waals surface area contributed by atoms with Gasteiger partial charge >= 0.3 is 0 Å². The van der Waals surface area contributed by atoms with Gasteiger partial charge in [0.2, 0.25) is 0 Å². The van der Waals surface area contributed by atoms with Crippen LogP contribution in [0.15, 0.2) is 30.9 Å². The van der Waals surface area contributed by atoms with Crippen LogP contribution >= 0.6 is 0 Å². The van der Waals surface area contributed by atoms with Crippen molar-refractivity contribution in [3.05, 3.63) is 47.8 Å². The number of fused-ring (bicyclic) bond motifs is 1. The van der Waals surface area contributed by atoms with Crippen LogP contribution in [0, 0.1) is 5.92 Å². The zero-order chi connectivity index (χ0) is 17.8. The number of rotatable bonds is 6. The van der Waals surface area contributed by atoms with Crippen molar-refractivity contribution in [2.75, 3.05) is 33.0 Å². The van der Waals surface area contributed by atoms with Crippen molar-refractivity contribution in [3.8, 4) is 0 Å². The number of hydrogen-bond donors (Lipinski definition) is 0. The molecule has 0 spiro atoms. The van der Waals surface area contributed by atoms with Gasteiger partial charge in [0, 0.05) is 70.5 Å². The molecule has 1 atom stereocenters. The van der Waals surface area contributed by atoms with Crippen LogP contribution < -0.4 is 0 Å². The van der Waals surface area contributed by atoms with Crippen LogP contribution in [0.1, 0.15) is 35.7 Å². The quantitative estimate of drug-likeness (QED) is 0.795. The summed E-state index contributed by atoms with van der Waals surface area (Å²) >= 11 is 0. The number of aromatic nitrogens is 3. The summed E-state index contributed by atoms with van der Waals surface area (Å²) in [5, 5.41) is 0. The number of pyridine rings is 1. The summed E-state index contributed by atoms with van der Waals surface area (Å²) in [6.07, 6.45) is 7.90. The number of nitrogens with zero attached hydrogens (tertiary/aromatic N) is 4. The van der Waals surface area contributed by atoms with Crippen LogP contribution in [0.25, 0.3) is 0 Å². The predicted octanol–water partition coefficient (Wildman–Crippen LogP) is 2.36. The topological polar surface area (TPSA) is 52.4 Å². The summed E-state index contributed by atoms with van der Waals surface area (Å²) in [6, 6.07) is 4.18. The zero-order valence-electron chi connectivity index (χ0n) is 15.5. The van der Waals surface area contributed by atoms with Crippen molar-refractivity contribution in [2.45, 2.75) is 31.8 Å². The molecule has 0 radical (unpaired) electrons. The first-order valence-electron chi connectivity index (χ1n) is 9.56. The predicted molar refractivity (Wildman–Crippen MR) is 98.7 cm³/mol. The van der Waals surface area contributed by atoms with E-state index >= 15 is 0 Å². The van der Waals surface area contributed by atoms with E-state index in [0.717, 1.165) is 58.9 Å². The summed E-state index contributed by atoms with van der Waals surface area (Å²) in [5.74, 6) is 1.01. The molecule has 1 fully saturated rings. The molecule has 2 aliphatic heterocycles. The molecule has 1 saturated heterocycles. The molecule has 0 aliphatic carbocycles. The molecule has 4 heterocycles. The molecule has 6 heteroatoms. The minimum atomic E-state index is 0.368. The molecule has 4 rings (SSSR count). The van der Waals surface area contributed by atoms with Gasteiger partial charge in [-0.25, -0.2) is 4.98 Å². The average molecular weight is 356 g/mol. The molecule has 2 aromatic heterocycles. The first kappa shape index (κ1) is 17.6. The maximum absolute atomic E-state index is 6.16. The van der Waals surface area contributed by atoms with E-state index in [1.54, 1.807) is 0 Å². The zero-order valence-corrected chi connectivity index (χ0v) is 15.5. The molecular weight excluding hydrogens is 328 g/mol. The van der Waals surface area contributed by atoms with Gasteiger partial charge in [0.1, 0.15) is 0 Å². The van der Waals surface area contributed by atoms with Crippen LogP contribution in [0.4, 0.5) is 0 Å². The summed E-state index contributed by atoms with van der Waals surface area (Å²) in [4.78, 5) is 11.2. The van der Waals surface area contributed by atoms with Gasteiger partial charge < -0.3 is 14.0 Å². The van der Waals surface area contributed by atoms with Gasteiger partial charge in [0.05, 0.1) is 18.6 Å². The Bertz CT molecular complexity index is 697. The lowest BCUT2D eigenvalue weighted by Crippen LogP contribution is -2.36. The molecule has 2 aliphatic rings. The van der Waals surface area contributed by atoms with Crippen LogP contribution in [0.3, 0.4) is 0 Å². The van der Waals surface area contributed by atoms with E-state index in [0.29, 0.717) is 11.8 Å². The highest BCUT2D eigenvalue weighted by Gasteiger charge is 2.29. The van der Waals surface area contributed by atoms with E-state index in [1.807, 2.05) is 18.7 Å². The van der Waals surface area contributed by atoms with Gasteiger partial charge in [-0.05, 0) is 36.5 Å². The first-order chi connectivity index (χ1) is 12.8. The molecule has 0 amide bonds. The van der Waals surface area contributed by atoms with Gasteiger partial charge in [-0.2, -0.15) is 0 Å². The SMILES string of the molecule is Cn1cnc2c1[C@H](COCC1CCOCC1)CN(Cc1ccncc1)C2. The van der Waals surface area contributed by atoms with Crippen molar-refractivity contribution in [1.29, 1.82) is 0 Å². The highest BCUT2D eigenvalue weighted by Crippen LogP contribution is 2.29. The second kappa shape index (κ2) is 8.29. The Morgan fingerprint density at radius 3 is 2.81 bits per heavy atom. The van der Waals surface area contributed by atoms with E-state index in [2.05, 4.69) is 38.6 Å². The minimum Gasteiger partial charge on any atom is -0.381 e. The Morgan fingerprint density at radius 2 is 2.00 bits per heavy atom. The highest BCUT2D eigenvalue weighted by molar-refractivity contribution is 5.22. The minimum absolute atomic E-state index is 0.368. The summed E-state index contributed by atoms with van der Waals surface area (Å²) < 4.78 is 13.8. The van der Waals surface area contributed by atoms with Gasteiger partial charge in [-0.3, -0.25) is 9.88 Å². The Kier molecular flexibility index (Phi) is 5.62. The second-order valence-electron chi connectivity index (χ2n) is 7.50. The van der Waals surface area contributed by atoms with Gasteiger partial charge in [-0.1, -0.05) is 0 Å². The lowest BCUT2D eigenvalue weighted by molar-refractivity contribution is 0.0127. The van der Waals surface area contributed by atoms with E-state index in [9.17, 15) is 0 Å². The molecule has 0 aromatic carbocycles. The summed E-state index contributed by atoms with van der Waals surface area (Å²) in [7, 11) is 2.09. The third kappa shape index (κ3) is 4.14. The molecule has 0 saturated carbocycles. The van der Waals surface area contributed by atoms with E-state index < -0.39 is 0 Å². The smallest absolute Gasteiger partial charge is 0.0949 e. The van der Waals surface area contributed by atoms with Crippen molar-refractivity contribution in [2.24, 2.45) is 13.0 Å². The van der Waals surface area contributed by atoms with Gasteiger partial charge in [-0.15, -0.1) is 0 Å². The van der Waals surface area contributed by atoms with Crippen LogP contribution in [-0.4, -0.2) is 52.4 Å². The van der Waals surface area contributed by atoms with Crippen LogP contribution in [0.2, 0.25) is 0 Å². The third-order valence-electron chi connectivity index (χ3n) is 5.47. The number of aryl methyl sites for hydroxylation is 1. The maximum Gasteiger partial charge on any atom is 0.0949 e. The largest absolute Gasteiger partial charge is 0.381 e. The Morgan fingerprint density at radius 1 is 1.19 bits per heavy atom. The van der Waals surface area contributed by atoms with Crippen molar-refractivity contribution in [1.82, 2.24) is 19.4 Å². The summed E-state index contributed by atoms with van der Waals surface area (Å²) in [6.45, 7) is 6.19. The Balaban J connectivity index is 1.39. The maximum atomic E-state index is 6.16. The molecule has 6 nitrogen and oxygen atoms in total. The lowest BCUT2D eigenvalue weighted by Gasteiger charge is -2.33. The van der Waals surface area contributed by atoms with Crippen LogP contribution in [0.5, 0.6) is 0 Å². The Hall–Kier alpha value is -1.76. The van der Waals surface area contributed by atoms with Crippen LogP contribution in [-0.2, 0) is 29.6 Å². The second-order valence-corrected chi connectivity index (χ2v) is 7.50. The summed E-state index contributed by atoms with van der Waals surface area (Å²) in [5.41, 5.74) is 3.82.